The lowest BCUT2D eigenvalue weighted by molar-refractivity contribution is -0.131. The Hall–Kier alpha value is -1.10. The third-order valence-electron chi connectivity index (χ3n) is 1.71. The fraction of sp³-hybridized carbons (Fsp3) is 0.818. The Morgan fingerprint density at radius 2 is 1.88 bits per heavy atom. The largest absolute Gasteiger partial charge is 0.372 e. The molecule has 0 aromatic heterocycles. The SMILES string of the molecule is CCOCC(=O)NC(C)C(=O)NC(C)(C)C. The van der Waals surface area contributed by atoms with Gasteiger partial charge in [-0.05, 0) is 34.6 Å². The zero-order valence-electron chi connectivity index (χ0n) is 10.7. The van der Waals surface area contributed by atoms with Gasteiger partial charge in [0.2, 0.25) is 11.8 Å². The minimum Gasteiger partial charge on any atom is -0.372 e. The highest BCUT2D eigenvalue weighted by Crippen LogP contribution is 1.99. The smallest absolute Gasteiger partial charge is 0.246 e. The van der Waals surface area contributed by atoms with Crippen LogP contribution in [0.2, 0.25) is 0 Å². The van der Waals surface area contributed by atoms with Crippen molar-refractivity contribution >= 4 is 11.8 Å². The molecule has 0 spiro atoms. The zero-order valence-corrected chi connectivity index (χ0v) is 10.7. The van der Waals surface area contributed by atoms with Crippen molar-refractivity contribution < 1.29 is 14.3 Å². The van der Waals surface area contributed by atoms with E-state index in [0.717, 1.165) is 0 Å². The Labute approximate surface area is 96.9 Å². The molecule has 94 valence electrons. The van der Waals surface area contributed by atoms with E-state index in [9.17, 15) is 9.59 Å². The van der Waals surface area contributed by atoms with Gasteiger partial charge in [0.05, 0.1) is 0 Å². The third-order valence-corrected chi connectivity index (χ3v) is 1.71. The minimum atomic E-state index is -0.549. The van der Waals surface area contributed by atoms with Gasteiger partial charge in [0.25, 0.3) is 0 Å². The van der Waals surface area contributed by atoms with Gasteiger partial charge >= 0.3 is 0 Å². The van der Waals surface area contributed by atoms with Crippen molar-refractivity contribution in [3.8, 4) is 0 Å². The lowest BCUT2D eigenvalue weighted by Crippen LogP contribution is -2.51. The van der Waals surface area contributed by atoms with Crippen molar-refractivity contribution in [2.24, 2.45) is 0 Å². The van der Waals surface area contributed by atoms with E-state index in [1.165, 1.54) is 0 Å². The molecule has 0 aromatic rings. The molecule has 0 fully saturated rings. The maximum absolute atomic E-state index is 11.6. The van der Waals surface area contributed by atoms with E-state index in [1.54, 1.807) is 6.92 Å². The normalized spacial score (nSPS) is 13.1. The molecule has 0 heterocycles. The van der Waals surface area contributed by atoms with Gasteiger partial charge in [-0.1, -0.05) is 0 Å². The number of carbonyl (C=O) groups is 2. The number of carbonyl (C=O) groups excluding carboxylic acids is 2. The standard InChI is InChI=1S/C11H22N2O3/c1-6-16-7-9(14)12-8(2)10(15)13-11(3,4)5/h8H,6-7H2,1-5H3,(H,12,14)(H,13,15). The number of rotatable bonds is 5. The van der Waals surface area contributed by atoms with Gasteiger partial charge in [-0.15, -0.1) is 0 Å². The predicted octanol–water partition coefficient (Wildman–Crippen LogP) is 0.442. The summed E-state index contributed by atoms with van der Waals surface area (Å²) in [6, 6.07) is -0.549. The summed E-state index contributed by atoms with van der Waals surface area (Å²) in [6.07, 6.45) is 0. The summed E-state index contributed by atoms with van der Waals surface area (Å²) >= 11 is 0. The Morgan fingerprint density at radius 1 is 1.31 bits per heavy atom. The first-order chi connectivity index (χ1) is 7.26. The van der Waals surface area contributed by atoms with Gasteiger partial charge in [0.1, 0.15) is 12.6 Å². The molecule has 0 aliphatic rings. The topological polar surface area (TPSA) is 67.4 Å². The van der Waals surface area contributed by atoms with Crippen LogP contribution in [0.3, 0.4) is 0 Å². The van der Waals surface area contributed by atoms with Crippen LogP contribution >= 0.6 is 0 Å². The van der Waals surface area contributed by atoms with Crippen molar-refractivity contribution in [2.45, 2.75) is 46.2 Å². The van der Waals surface area contributed by atoms with Crippen LogP contribution in [0.5, 0.6) is 0 Å². The highest BCUT2D eigenvalue weighted by molar-refractivity contribution is 5.88. The van der Waals surface area contributed by atoms with Crippen LogP contribution in [-0.4, -0.2) is 36.6 Å². The fourth-order valence-corrected chi connectivity index (χ4v) is 1.02. The zero-order chi connectivity index (χ0) is 12.8. The lowest BCUT2D eigenvalue weighted by Gasteiger charge is -2.23. The van der Waals surface area contributed by atoms with Gasteiger partial charge in [-0.3, -0.25) is 9.59 Å². The minimum absolute atomic E-state index is 0.0103. The van der Waals surface area contributed by atoms with Gasteiger partial charge in [-0.25, -0.2) is 0 Å². The highest BCUT2D eigenvalue weighted by atomic mass is 16.5. The summed E-state index contributed by atoms with van der Waals surface area (Å²) in [7, 11) is 0. The van der Waals surface area contributed by atoms with Crippen LogP contribution in [0.4, 0.5) is 0 Å². The predicted molar refractivity (Wildman–Crippen MR) is 62.0 cm³/mol. The Morgan fingerprint density at radius 3 is 2.31 bits per heavy atom. The molecule has 0 radical (unpaired) electrons. The molecule has 1 atom stereocenters. The molecule has 0 rings (SSSR count). The second-order valence-electron chi connectivity index (χ2n) is 4.67. The van der Waals surface area contributed by atoms with Crippen LogP contribution in [0.15, 0.2) is 0 Å². The molecule has 0 saturated carbocycles. The van der Waals surface area contributed by atoms with E-state index in [4.69, 9.17) is 4.74 Å². The molecule has 16 heavy (non-hydrogen) atoms. The Kier molecular flexibility index (Phi) is 6.03. The summed E-state index contributed by atoms with van der Waals surface area (Å²) in [5, 5.41) is 5.35. The van der Waals surface area contributed by atoms with Gasteiger partial charge in [0.15, 0.2) is 0 Å². The van der Waals surface area contributed by atoms with Gasteiger partial charge in [-0.2, -0.15) is 0 Å². The van der Waals surface area contributed by atoms with Gasteiger partial charge < -0.3 is 15.4 Å². The first-order valence-electron chi connectivity index (χ1n) is 5.45. The molecular formula is C11H22N2O3. The maximum atomic E-state index is 11.6. The Bertz CT molecular complexity index is 246. The second kappa shape index (κ2) is 6.48. The molecule has 5 heteroatoms. The van der Waals surface area contributed by atoms with E-state index in [0.29, 0.717) is 6.61 Å². The molecule has 2 N–H and O–H groups in total. The van der Waals surface area contributed by atoms with E-state index >= 15 is 0 Å². The average Bonchev–Trinajstić information content (AvgIpc) is 2.11. The molecule has 0 aliphatic carbocycles. The molecule has 0 aromatic carbocycles. The summed E-state index contributed by atoms with van der Waals surface area (Å²) in [4.78, 5) is 22.9. The van der Waals surface area contributed by atoms with Crippen molar-refractivity contribution in [3.05, 3.63) is 0 Å². The number of hydrogen-bond acceptors (Lipinski definition) is 3. The van der Waals surface area contributed by atoms with Crippen LogP contribution in [-0.2, 0) is 14.3 Å². The molecular weight excluding hydrogens is 208 g/mol. The van der Waals surface area contributed by atoms with Crippen LogP contribution in [0, 0.1) is 0 Å². The van der Waals surface area contributed by atoms with Crippen molar-refractivity contribution in [1.82, 2.24) is 10.6 Å². The number of hydrogen-bond donors (Lipinski definition) is 2. The van der Waals surface area contributed by atoms with Crippen molar-refractivity contribution in [3.63, 3.8) is 0 Å². The number of ether oxygens (including phenoxy) is 1. The number of nitrogens with one attached hydrogen (secondary N) is 2. The van der Waals surface area contributed by atoms with Crippen LogP contribution in [0.25, 0.3) is 0 Å². The lowest BCUT2D eigenvalue weighted by atomic mass is 10.1. The highest BCUT2D eigenvalue weighted by Gasteiger charge is 2.20. The molecule has 0 aliphatic heterocycles. The summed E-state index contributed by atoms with van der Waals surface area (Å²) in [6.45, 7) is 9.59. The van der Waals surface area contributed by atoms with Crippen LogP contribution in [0.1, 0.15) is 34.6 Å². The molecule has 5 nitrogen and oxygen atoms in total. The fourth-order valence-electron chi connectivity index (χ4n) is 1.02. The quantitative estimate of drug-likeness (QED) is 0.720. The third kappa shape index (κ3) is 7.23. The van der Waals surface area contributed by atoms with E-state index < -0.39 is 6.04 Å². The van der Waals surface area contributed by atoms with E-state index in [-0.39, 0.29) is 24.0 Å². The molecule has 0 saturated heterocycles. The molecule has 1 unspecified atom stereocenters. The maximum Gasteiger partial charge on any atom is 0.246 e. The summed E-state index contributed by atoms with van der Waals surface area (Å²) in [5.41, 5.74) is -0.296. The Balaban J connectivity index is 4.01. The van der Waals surface area contributed by atoms with E-state index in [1.807, 2.05) is 27.7 Å². The summed E-state index contributed by atoms with van der Waals surface area (Å²) in [5.74, 6) is -0.476. The van der Waals surface area contributed by atoms with Gasteiger partial charge in [0, 0.05) is 12.1 Å². The van der Waals surface area contributed by atoms with Crippen molar-refractivity contribution in [1.29, 1.82) is 0 Å². The van der Waals surface area contributed by atoms with Crippen LogP contribution < -0.4 is 10.6 Å². The number of amides is 2. The first-order valence-corrected chi connectivity index (χ1v) is 5.45. The second-order valence-corrected chi connectivity index (χ2v) is 4.67. The van der Waals surface area contributed by atoms with Crippen molar-refractivity contribution in [2.75, 3.05) is 13.2 Å². The average molecular weight is 230 g/mol. The first kappa shape index (κ1) is 14.9. The molecule has 0 bridgehead atoms. The monoisotopic (exact) mass is 230 g/mol. The van der Waals surface area contributed by atoms with E-state index in [2.05, 4.69) is 10.6 Å². The molecule has 2 amide bonds. The summed E-state index contributed by atoms with van der Waals surface area (Å²) < 4.78 is 4.93.